The molecular weight excluding hydrogens is 256 g/mol. The van der Waals surface area contributed by atoms with Crippen molar-refractivity contribution in [3.05, 3.63) is 18.1 Å². The molecule has 1 aromatic rings. The van der Waals surface area contributed by atoms with Gasteiger partial charge in [-0.15, -0.1) is 0 Å². The zero-order valence-corrected chi connectivity index (χ0v) is 12.1. The molecule has 0 aliphatic carbocycles. The van der Waals surface area contributed by atoms with Crippen LogP contribution in [0.15, 0.2) is 12.3 Å². The quantitative estimate of drug-likeness (QED) is 0.819. The van der Waals surface area contributed by atoms with Crippen molar-refractivity contribution in [3.63, 3.8) is 0 Å². The summed E-state index contributed by atoms with van der Waals surface area (Å²) in [6.45, 7) is 7.54. The summed E-state index contributed by atoms with van der Waals surface area (Å²) in [5.74, 6) is 1.26. The molecule has 2 heterocycles. The van der Waals surface area contributed by atoms with Gasteiger partial charge in [0.1, 0.15) is 5.82 Å². The van der Waals surface area contributed by atoms with E-state index in [-0.39, 0.29) is 5.97 Å². The molecule has 0 aromatic carbocycles. The van der Waals surface area contributed by atoms with Crippen molar-refractivity contribution < 1.29 is 9.53 Å². The topological polar surface area (TPSA) is 67.3 Å². The van der Waals surface area contributed by atoms with Crippen LogP contribution in [-0.4, -0.2) is 42.1 Å². The number of piperazine rings is 1. The van der Waals surface area contributed by atoms with Crippen LogP contribution in [0.3, 0.4) is 0 Å². The van der Waals surface area contributed by atoms with Gasteiger partial charge in [-0.25, -0.2) is 9.97 Å². The largest absolute Gasteiger partial charge is 0.454 e. The summed E-state index contributed by atoms with van der Waals surface area (Å²) in [6.07, 6.45) is 2.54. The number of nitrogens with one attached hydrogen (secondary N) is 1. The van der Waals surface area contributed by atoms with Gasteiger partial charge in [-0.1, -0.05) is 6.92 Å². The highest BCUT2D eigenvalue weighted by Crippen LogP contribution is 2.17. The number of carbonyl (C=O) groups is 1. The summed E-state index contributed by atoms with van der Waals surface area (Å²) in [7, 11) is 0. The molecule has 0 radical (unpaired) electrons. The van der Waals surface area contributed by atoms with E-state index in [0.717, 1.165) is 38.4 Å². The summed E-state index contributed by atoms with van der Waals surface area (Å²) in [6, 6.07) is 1.90. The number of nitrogens with zero attached hydrogens (tertiary/aromatic N) is 3. The highest BCUT2D eigenvalue weighted by atomic mass is 16.5. The Morgan fingerprint density at radius 3 is 2.95 bits per heavy atom. The fourth-order valence-electron chi connectivity index (χ4n) is 2.14. The SMILES string of the molecule is CCCC(=O)O[C@H](C)c1nccc(N2CCNCC2)n1. The van der Waals surface area contributed by atoms with E-state index in [1.807, 2.05) is 19.9 Å². The predicted octanol–water partition coefficient (Wildman–Crippen LogP) is 1.29. The number of rotatable bonds is 5. The van der Waals surface area contributed by atoms with Crippen LogP contribution in [0.25, 0.3) is 0 Å². The van der Waals surface area contributed by atoms with Crippen molar-refractivity contribution in [1.82, 2.24) is 15.3 Å². The first kappa shape index (κ1) is 14.7. The van der Waals surface area contributed by atoms with Gasteiger partial charge in [0.05, 0.1) is 0 Å². The average molecular weight is 278 g/mol. The van der Waals surface area contributed by atoms with Crippen LogP contribution in [0.1, 0.15) is 38.6 Å². The van der Waals surface area contributed by atoms with Gasteiger partial charge in [0.2, 0.25) is 0 Å². The van der Waals surface area contributed by atoms with E-state index >= 15 is 0 Å². The molecule has 110 valence electrons. The second-order valence-electron chi connectivity index (χ2n) is 4.89. The van der Waals surface area contributed by atoms with Gasteiger partial charge in [-0.3, -0.25) is 4.79 Å². The molecule has 2 rings (SSSR count). The zero-order chi connectivity index (χ0) is 14.4. The van der Waals surface area contributed by atoms with Crippen LogP contribution in [0, 0.1) is 0 Å². The van der Waals surface area contributed by atoms with Crippen LogP contribution >= 0.6 is 0 Å². The van der Waals surface area contributed by atoms with Crippen LogP contribution in [-0.2, 0) is 9.53 Å². The first-order valence-corrected chi connectivity index (χ1v) is 7.18. The summed E-state index contributed by atoms with van der Waals surface area (Å²) in [4.78, 5) is 22.5. The van der Waals surface area contributed by atoms with E-state index in [1.54, 1.807) is 6.20 Å². The summed E-state index contributed by atoms with van der Waals surface area (Å²) in [5.41, 5.74) is 0. The predicted molar refractivity (Wildman–Crippen MR) is 76.5 cm³/mol. The maximum absolute atomic E-state index is 11.5. The zero-order valence-electron chi connectivity index (χ0n) is 12.1. The highest BCUT2D eigenvalue weighted by molar-refractivity contribution is 5.69. The first-order chi connectivity index (χ1) is 9.70. The van der Waals surface area contributed by atoms with Crippen LogP contribution in [0.5, 0.6) is 0 Å². The number of esters is 1. The van der Waals surface area contributed by atoms with E-state index in [0.29, 0.717) is 12.2 Å². The second kappa shape index (κ2) is 7.19. The van der Waals surface area contributed by atoms with Crippen molar-refractivity contribution in [2.45, 2.75) is 32.8 Å². The molecular formula is C14H22N4O2. The lowest BCUT2D eigenvalue weighted by molar-refractivity contribution is -0.149. The number of anilines is 1. The van der Waals surface area contributed by atoms with Gasteiger partial charge in [-0.05, 0) is 19.4 Å². The van der Waals surface area contributed by atoms with E-state index in [9.17, 15) is 4.79 Å². The Bertz CT molecular complexity index is 447. The Kier molecular flexibility index (Phi) is 5.29. The average Bonchev–Trinajstić information content (AvgIpc) is 2.48. The monoisotopic (exact) mass is 278 g/mol. The minimum absolute atomic E-state index is 0.198. The Labute approximate surface area is 119 Å². The van der Waals surface area contributed by atoms with Gasteiger partial charge in [0.15, 0.2) is 11.9 Å². The lowest BCUT2D eigenvalue weighted by Gasteiger charge is -2.28. The molecule has 20 heavy (non-hydrogen) atoms. The molecule has 6 nitrogen and oxygen atoms in total. The highest BCUT2D eigenvalue weighted by Gasteiger charge is 2.17. The van der Waals surface area contributed by atoms with E-state index in [4.69, 9.17) is 4.74 Å². The maximum atomic E-state index is 11.5. The van der Waals surface area contributed by atoms with Gasteiger partial charge in [0.25, 0.3) is 0 Å². The molecule has 0 unspecified atom stereocenters. The number of ether oxygens (including phenoxy) is 1. The second-order valence-corrected chi connectivity index (χ2v) is 4.89. The minimum atomic E-state index is -0.406. The summed E-state index contributed by atoms with van der Waals surface area (Å²) >= 11 is 0. The number of hydrogen-bond acceptors (Lipinski definition) is 6. The third-order valence-electron chi connectivity index (χ3n) is 3.23. The number of carbonyl (C=O) groups excluding carboxylic acids is 1. The fourth-order valence-corrected chi connectivity index (χ4v) is 2.14. The van der Waals surface area contributed by atoms with Gasteiger partial charge < -0.3 is 15.0 Å². The molecule has 1 fully saturated rings. The van der Waals surface area contributed by atoms with Crippen molar-refractivity contribution in [2.75, 3.05) is 31.1 Å². The maximum Gasteiger partial charge on any atom is 0.306 e. The van der Waals surface area contributed by atoms with Crippen LogP contribution in [0.2, 0.25) is 0 Å². The standard InChI is InChI=1S/C14H22N4O2/c1-3-4-13(19)20-11(2)14-16-6-5-12(17-14)18-9-7-15-8-10-18/h5-6,11,15H,3-4,7-10H2,1-2H3/t11-/m1/s1. The summed E-state index contributed by atoms with van der Waals surface area (Å²) < 4.78 is 5.32. The molecule has 1 aliphatic heterocycles. The lowest BCUT2D eigenvalue weighted by atomic mass is 10.3. The van der Waals surface area contributed by atoms with Crippen molar-refractivity contribution in [1.29, 1.82) is 0 Å². The van der Waals surface area contributed by atoms with Crippen LogP contribution in [0.4, 0.5) is 5.82 Å². The smallest absolute Gasteiger partial charge is 0.306 e. The van der Waals surface area contributed by atoms with Crippen LogP contribution < -0.4 is 10.2 Å². The lowest BCUT2D eigenvalue weighted by Crippen LogP contribution is -2.44. The molecule has 1 aromatic heterocycles. The molecule has 0 spiro atoms. The number of hydrogen-bond donors (Lipinski definition) is 1. The Morgan fingerprint density at radius 2 is 2.25 bits per heavy atom. The van der Waals surface area contributed by atoms with Crippen molar-refractivity contribution >= 4 is 11.8 Å². The Hall–Kier alpha value is -1.69. The molecule has 1 saturated heterocycles. The molecule has 0 saturated carbocycles. The molecule has 0 amide bonds. The normalized spacial score (nSPS) is 16.8. The third kappa shape index (κ3) is 3.90. The third-order valence-corrected chi connectivity index (χ3v) is 3.23. The van der Waals surface area contributed by atoms with Crippen molar-refractivity contribution in [3.8, 4) is 0 Å². The Balaban J connectivity index is 2.02. The fraction of sp³-hybridized carbons (Fsp3) is 0.643. The van der Waals surface area contributed by atoms with Crippen molar-refractivity contribution in [2.24, 2.45) is 0 Å². The van der Waals surface area contributed by atoms with Gasteiger partial charge in [0, 0.05) is 38.8 Å². The van der Waals surface area contributed by atoms with Gasteiger partial charge >= 0.3 is 5.97 Å². The van der Waals surface area contributed by atoms with E-state index in [1.165, 1.54) is 0 Å². The molecule has 1 N–H and O–H groups in total. The molecule has 0 bridgehead atoms. The van der Waals surface area contributed by atoms with Gasteiger partial charge in [-0.2, -0.15) is 0 Å². The molecule has 1 aliphatic rings. The molecule has 6 heteroatoms. The Morgan fingerprint density at radius 1 is 1.50 bits per heavy atom. The molecule has 1 atom stereocenters. The summed E-state index contributed by atoms with van der Waals surface area (Å²) in [5, 5.41) is 3.31. The first-order valence-electron chi connectivity index (χ1n) is 7.18. The minimum Gasteiger partial charge on any atom is -0.454 e. The van der Waals surface area contributed by atoms with E-state index < -0.39 is 6.10 Å². The number of aromatic nitrogens is 2. The van der Waals surface area contributed by atoms with E-state index in [2.05, 4.69) is 20.2 Å².